The Morgan fingerprint density at radius 2 is 2.00 bits per heavy atom. The summed E-state index contributed by atoms with van der Waals surface area (Å²) in [6.07, 6.45) is 8.65. The molecule has 1 aliphatic heterocycles. The van der Waals surface area contributed by atoms with Crippen LogP contribution in [-0.2, 0) is 4.74 Å². The molecule has 1 aromatic rings. The van der Waals surface area contributed by atoms with Gasteiger partial charge in [0.15, 0.2) is 0 Å². The molecule has 0 radical (unpaired) electrons. The molecular weight excluding hydrogens is 268 g/mol. The maximum absolute atomic E-state index is 6.30. The molecule has 2 aliphatic rings. The molecule has 2 fully saturated rings. The number of hydrogen-bond donors (Lipinski definition) is 0. The van der Waals surface area contributed by atoms with E-state index in [1.807, 2.05) is 0 Å². The van der Waals surface area contributed by atoms with Crippen LogP contribution in [0, 0.1) is 17.8 Å². The smallest absolute Gasteiger partial charge is 0.0890 e. The zero-order chi connectivity index (χ0) is 15.5. The summed E-state index contributed by atoms with van der Waals surface area (Å²) in [4.78, 5) is 0. The van der Waals surface area contributed by atoms with Crippen LogP contribution in [0.5, 0.6) is 0 Å². The average molecular weight is 296 g/mol. The molecular formula is C21H28O. The number of fused-ring (bicyclic) bond motifs is 2. The summed E-state index contributed by atoms with van der Waals surface area (Å²) in [5.74, 6) is 2.07. The molecule has 1 aromatic carbocycles. The molecule has 118 valence electrons. The Hall–Kier alpha value is -1.34. The molecule has 1 aliphatic carbocycles. The van der Waals surface area contributed by atoms with Gasteiger partial charge in [-0.25, -0.2) is 0 Å². The van der Waals surface area contributed by atoms with Crippen LogP contribution in [0.4, 0.5) is 0 Å². The number of ether oxygens (including phenoxy) is 1. The minimum Gasteiger partial charge on any atom is -0.373 e. The summed E-state index contributed by atoms with van der Waals surface area (Å²) in [6.45, 7) is 7.67. The molecule has 0 spiro atoms. The van der Waals surface area contributed by atoms with Crippen LogP contribution < -0.4 is 0 Å². The lowest BCUT2D eigenvalue weighted by molar-refractivity contribution is -0.0746. The number of allylic oxidation sites excluding steroid dienone is 3. The highest BCUT2D eigenvalue weighted by molar-refractivity contribution is 5.25. The van der Waals surface area contributed by atoms with Gasteiger partial charge in [0.2, 0.25) is 0 Å². The maximum Gasteiger partial charge on any atom is 0.0890 e. The van der Waals surface area contributed by atoms with E-state index >= 15 is 0 Å². The van der Waals surface area contributed by atoms with Gasteiger partial charge in [0, 0.05) is 5.92 Å². The van der Waals surface area contributed by atoms with Crippen molar-refractivity contribution in [2.45, 2.75) is 46.1 Å². The Morgan fingerprint density at radius 3 is 2.73 bits per heavy atom. The fraction of sp³-hybridized carbons (Fsp3) is 0.524. The van der Waals surface area contributed by atoms with Crippen LogP contribution in [0.2, 0.25) is 0 Å². The largest absolute Gasteiger partial charge is 0.373 e. The van der Waals surface area contributed by atoms with Crippen molar-refractivity contribution in [1.82, 2.24) is 0 Å². The molecule has 0 N–H and O–H groups in total. The Morgan fingerprint density at radius 1 is 1.23 bits per heavy atom. The lowest BCUT2D eigenvalue weighted by atomic mass is 9.67. The molecule has 1 heterocycles. The number of benzene rings is 1. The van der Waals surface area contributed by atoms with Gasteiger partial charge in [0.1, 0.15) is 0 Å². The van der Waals surface area contributed by atoms with E-state index in [-0.39, 0.29) is 6.10 Å². The summed E-state index contributed by atoms with van der Waals surface area (Å²) in [6, 6.07) is 10.8. The van der Waals surface area contributed by atoms with Gasteiger partial charge >= 0.3 is 0 Å². The van der Waals surface area contributed by atoms with Crippen molar-refractivity contribution < 1.29 is 4.74 Å². The first kappa shape index (κ1) is 15.6. The van der Waals surface area contributed by atoms with Crippen molar-refractivity contribution in [3.8, 4) is 0 Å². The second-order valence-electron chi connectivity index (χ2n) is 7.24. The third-order valence-corrected chi connectivity index (χ3v) is 5.28. The van der Waals surface area contributed by atoms with Crippen molar-refractivity contribution in [2.24, 2.45) is 17.8 Å². The van der Waals surface area contributed by atoms with E-state index in [1.54, 1.807) is 5.57 Å². The van der Waals surface area contributed by atoms with E-state index in [0.717, 1.165) is 24.9 Å². The molecule has 0 aromatic heterocycles. The first-order valence-corrected chi connectivity index (χ1v) is 8.64. The first-order chi connectivity index (χ1) is 10.6. The van der Waals surface area contributed by atoms with Gasteiger partial charge in [-0.1, -0.05) is 60.6 Å². The van der Waals surface area contributed by atoms with Gasteiger partial charge in [0.25, 0.3) is 0 Å². The Bertz CT molecular complexity index is 551. The van der Waals surface area contributed by atoms with Crippen molar-refractivity contribution in [3.05, 3.63) is 59.2 Å². The number of rotatable bonds is 3. The fourth-order valence-corrected chi connectivity index (χ4v) is 3.95. The molecule has 2 bridgehead atoms. The van der Waals surface area contributed by atoms with Gasteiger partial charge in [-0.05, 0) is 50.5 Å². The summed E-state index contributed by atoms with van der Waals surface area (Å²) < 4.78 is 6.30. The summed E-state index contributed by atoms with van der Waals surface area (Å²) >= 11 is 0. The second-order valence-corrected chi connectivity index (χ2v) is 7.24. The quantitative estimate of drug-likeness (QED) is 0.650. The standard InChI is InChI=1S/C21H28O/c1-15(2)8-7-11-18-12-16(3)19-13-20(18)21(22-14-19)17-9-5-4-6-10-17/h4-6,8-11,16,19-21H,7,12-14H2,1-3H3/b18-11-. The van der Waals surface area contributed by atoms with E-state index in [1.165, 1.54) is 24.0 Å². The molecule has 1 saturated carbocycles. The van der Waals surface area contributed by atoms with Gasteiger partial charge in [0.05, 0.1) is 12.7 Å². The lowest BCUT2D eigenvalue weighted by Crippen LogP contribution is -2.38. The van der Waals surface area contributed by atoms with Crippen molar-refractivity contribution >= 4 is 0 Å². The minimum atomic E-state index is 0.253. The average Bonchev–Trinajstić information content (AvgIpc) is 2.53. The monoisotopic (exact) mass is 296 g/mol. The molecule has 1 heteroatoms. The summed E-state index contributed by atoms with van der Waals surface area (Å²) in [5, 5.41) is 0. The Kier molecular flexibility index (Phi) is 4.83. The van der Waals surface area contributed by atoms with Gasteiger partial charge in [-0.15, -0.1) is 0 Å². The van der Waals surface area contributed by atoms with E-state index in [2.05, 4.69) is 63.3 Å². The topological polar surface area (TPSA) is 9.23 Å². The van der Waals surface area contributed by atoms with Crippen LogP contribution in [-0.4, -0.2) is 6.61 Å². The van der Waals surface area contributed by atoms with Crippen molar-refractivity contribution in [1.29, 1.82) is 0 Å². The normalized spacial score (nSPS) is 32.8. The van der Waals surface area contributed by atoms with Crippen molar-refractivity contribution in [2.75, 3.05) is 6.61 Å². The fourth-order valence-electron chi connectivity index (χ4n) is 3.95. The Balaban J connectivity index is 1.84. The summed E-state index contributed by atoms with van der Waals surface area (Å²) in [5.41, 5.74) is 4.36. The maximum atomic E-state index is 6.30. The number of hydrogen-bond acceptors (Lipinski definition) is 1. The van der Waals surface area contributed by atoms with Gasteiger partial charge in [-0.3, -0.25) is 0 Å². The minimum absolute atomic E-state index is 0.253. The molecule has 22 heavy (non-hydrogen) atoms. The zero-order valence-electron chi connectivity index (χ0n) is 14.1. The predicted molar refractivity (Wildman–Crippen MR) is 92.6 cm³/mol. The second kappa shape index (κ2) is 6.83. The summed E-state index contributed by atoms with van der Waals surface area (Å²) in [7, 11) is 0. The molecule has 4 atom stereocenters. The molecule has 1 saturated heterocycles. The molecule has 0 amide bonds. The van der Waals surface area contributed by atoms with E-state index in [0.29, 0.717) is 5.92 Å². The highest BCUT2D eigenvalue weighted by atomic mass is 16.5. The van der Waals surface area contributed by atoms with Crippen LogP contribution in [0.15, 0.2) is 53.6 Å². The SMILES string of the molecule is CC(C)=CC/C=C1/CC(C)C2COC(c3ccccc3)C1C2. The van der Waals surface area contributed by atoms with Gasteiger partial charge in [-0.2, -0.15) is 0 Å². The van der Waals surface area contributed by atoms with Crippen LogP contribution >= 0.6 is 0 Å². The van der Waals surface area contributed by atoms with E-state index in [4.69, 9.17) is 4.74 Å². The van der Waals surface area contributed by atoms with Gasteiger partial charge < -0.3 is 4.74 Å². The molecule has 4 unspecified atom stereocenters. The third kappa shape index (κ3) is 3.35. The van der Waals surface area contributed by atoms with Crippen LogP contribution in [0.25, 0.3) is 0 Å². The van der Waals surface area contributed by atoms with Crippen LogP contribution in [0.1, 0.15) is 51.7 Å². The van der Waals surface area contributed by atoms with Crippen LogP contribution in [0.3, 0.4) is 0 Å². The molecule has 3 rings (SSSR count). The lowest BCUT2D eigenvalue weighted by Gasteiger charge is -2.45. The molecule has 1 nitrogen and oxygen atoms in total. The van der Waals surface area contributed by atoms with E-state index in [9.17, 15) is 0 Å². The first-order valence-electron chi connectivity index (χ1n) is 8.64. The van der Waals surface area contributed by atoms with Crippen molar-refractivity contribution in [3.63, 3.8) is 0 Å². The highest BCUT2D eigenvalue weighted by Gasteiger charge is 2.40. The van der Waals surface area contributed by atoms with E-state index < -0.39 is 0 Å². The third-order valence-electron chi connectivity index (χ3n) is 5.28. The predicted octanol–water partition coefficient (Wildman–Crippen LogP) is 5.70. The highest BCUT2D eigenvalue weighted by Crippen LogP contribution is 2.48. The Labute approximate surface area is 135 Å². The zero-order valence-corrected chi connectivity index (χ0v) is 14.1.